The van der Waals surface area contributed by atoms with E-state index in [2.05, 4.69) is 27.6 Å². The van der Waals surface area contributed by atoms with Gasteiger partial charge >= 0.3 is 6.03 Å². The average molecular weight is 567 g/mol. The number of carbonyl (C=O) groups excluding carboxylic acids is 1. The molecule has 9 nitrogen and oxygen atoms in total. The fourth-order valence-corrected chi connectivity index (χ4v) is 4.11. The van der Waals surface area contributed by atoms with Gasteiger partial charge in [-0.05, 0) is 37.5 Å². The summed E-state index contributed by atoms with van der Waals surface area (Å²) in [4.78, 5) is 21.4. The number of anilines is 1. The summed E-state index contributed by atoms with van der Waals surface area (Å²) in [6.45, 7) is 7.22. The molecule has 1 aromatic carbocycles. The molecular weight excluding hydrogens is 533 g/mol. The molecule has 0 radical (unpaired) electrons. The number of morpholine rings is 1. The van der Waals surface area contributed by atoms with Crippen LogP contribution in [0, 0.1) is 0 Å². The van der Waals surface area contributed by atoms with E-state index in [0.717, 1.165) is 68.3 Å². The van der Waals surface area contributed by atoms with Crippen molar-refractivity contribution < 1.29 is 9.53 Å². The lowest BCUT2D eigenvalue weighted by Gasteiger charge is -2.34. The first-order chi connectivity index (χ1) is 15.6. The third-order valence-electron chi connectivity index (χ3n) is 5.78. The van der Waals surface area contributed by atoms with Crippen molar-refractivity contribution in [1.82, 2.24) is 24.9 Å². The van der Waals surface area contributed by atoms with Gasteiger partial charge < -0.3 is 25.2 Å². The molecule has 1 unspecified atom stereocenters. The molecule has 2 aromatic rings. The Labute approximate surface area is 212 Å². The number of hydrogen-bond donors (Lipinski definition) is 2. The molecule has 3 heterocycles. The zero-order valence-electron chi connectivity index (χ0n) is 19.4. The normalized spacial score (nSPS) is 18.7. The van der Waals surface area contributed by atoms with Crippen LogP contribution in [0.25, 0.3) is 0 Å². The van der Waals surface area contributed by atoms with E-state index in [4.69, 9.17) is 9.73 Å². The number of rotatable bonds is 5. The molecule has 0 saturated carbocycles. The minimum atomic E-state index is -0.0227. The lowest BCUT2D eigenvalue weighted by Crippen LogP contribution is -2.48. The molecule has 10 heteroatoms. The number of urea groups is 1. The van der Waals surface area contributed by atoms with Crippen LogP contribution in [0.15, 0.2) is 41.7 Å². The highest BCUT2D eigenvalue weighted by Crippen LogP contribution is 2.22. The molecule has 0 spiro atoms. The van der Waals surface area contributed by atoms with Gasteiger partial charge in [-0.3, -0.25) is 4.68 Å². The Kier molecular flexibility index (Phi) is 9.36. The molecule has 33 heavy (non-hydrogen) atoms. The van der Waals surface area contributed by atoms with Crippen LogP contribution < -0.4 is 10.6 Å². The van der Waals surface area contributed by atoms with Crippen molar-refractivity contribution in [2.45, 2.75) is 32.4 Å². The van der Waals surface area contributed by atoms with E-state index in [-0.39, 0.29) is 36.1 Å². The Bertz CT molecular complexity index is 942. The summed E-state index contributed by atoms with van der Waals surface area (Å²) in [6.07, 6.45) is 6.00. The SMILES string of the molecule is CCNC(=NCc1cccc(NC(=O)N2CCCC2)c1)N1CCOC(c2cnn(C)c2)C1.I. The molecule has 2 aliphatic heterocycles. The van der Waals surface area contributed by atoms with Crippen molar-refractivity contribution in [2.75, 3.05) is 44.6 Å². The van der Waals surface area contributed by atoms with Gasteiger partial charge in [0.05, 0.1) is 25.9 Å². The molecule has 1 aromatic heterocycles. The minimum absolute atomic E-state index is 0. The maximum Gasteiger partial charge on any atom is 0.321 e. The quantitative estimate of drug-likeness (QED) is 0.330. The van der Waals surface area contributed by atoms with Crippen LogP contribution in [0.4, 0.5) is 10.5 Å². The first-order valence-electron chi connectivity index (χ1n) is 11.4. The summed E-state index contributed by atoms with van der Waals surface area (Å²) in [5, 5.41) is 10.7. The van der Waals surface area contributed by atoms with E-state index in [1.165, 1.54) is 0 Å². The topological polar surface area (TPSA) is 87.0 Å². The van der Waals surface area contributed by atoms with E-state index >= 15 is 0 Å². The number of likely N-dealkylation sites (tertiary alicyclic amines) is 1. The highest BCUT2D eigenvalue weighted by Gasteiger charge is 2.25. The summed E-state index contributed by atoms with van der Waals surface area (Å²) in [5.41, 5.74) is 2.94. The van der Waals surface area contributed by atoms with E-state index in [9.17, 15) is 4.79 Å². The second-order valence-corrected chi connectivity index (χ2v) is 8.25. The highest BCUT2D eigenvalue weighted by molar-refractivity contribution is 14.0. The van der Waals surface area contributed by atoms with Gasteiger partial charge in [-0.25, -0.2) is 9.79 Å². The first kappa shape index (κ1) is 25.3. The monoisotopic (exact) mass is 567 g/mol. The number of guanidine groups is 1. The van der Waals surface area contributed by atoms with Crippen molar-refractivity contribution in [3.05, 3.63) is 47.8 Å². The van der Waals surface area contributed by atoms with Gasteiger partial charge in [0.2, 0.25) is 0 Å². The predicted molar refractivity (Wildman–Crippen MR) is 140 cm³/mol. The van der Waals surface area contributed by atoms with Crippen LogP contribution in [0.5, 0.6) is 0 Å². The zero-order chi connectivity index (χ0) is 22.3. The second-order valence-electron chi connectivity index (χ2n) is 8.25. The predicted octanol–water partition coefficient (Wildman–Crippen LogP) is 3.20. The largest absolute Gasteiger partial charge is 0.370 e. The molecule has 180 valence electrons. The minimum Gasteiger partial charge on any atom is -0.370 e. The number of carbonyl (C=O) groups is 1. The molecule has 4 rings (SSSR count). The number of amides is 2. The van der Waals surface area contributed by atoms with Crippen molar-refractivity contribution >= 4 is 41.7 Å². The fourth-order valence-electron chi connectivity index (χ4n) is 4.11. The van der Waals surface area contributed by atoms with Crippen LogP contribution in [0.3, 0.4) is 0 Å². The molecule has 2 aliphatic rings. The van der Waals surface area contributed by atoms with Crippen molar-refractivity contribution in [3.8, 4) is 0 Å². The van der Waals surface area contributed by atoms with Crippen LogP contribution in [0.1, 0.15) is 37.0 Å². The number of halogens is 1. The average Bonchev–Trinajstić information content (AvgIpc) is 3.49. The van der Waals surface area contributed by atoms with Gasteiger partial charge in [-0.15, -0.1) is 24.0 Å². The summed E-state index contributed by atoms with van der Waals surface area (Å²) in [6, 6.07) is 7.90. The third-order valence-corrected chi connectivity index (χ3v) is 5.78. The van der Waals surface area contributed by atoms with Gasteiger partial charge in [-0.2, -0.15) is 5.10 Å². The number of aryl methyl sites for hydroxylation is 1. The first-order valence-corrected chi connectivity index (χ1v) is 11.4. The Morgan fingerprint density at radius 1 is 1.24 bits per heavy atom. The van der Waals surface area contributed by atoms with E-state index in [1.54, 1.807) is 4.68 Å². The van der Waals surface area contributed by atoms with E-state index < -0.39 is 0 Å². The maximum atomic E-state index is 12.4. The number of ether oxygens (including phenoxy) is 1. The number of nitrogens with one attached hydrogen (secondary N) is 2. The highest BCUT2D eigenvalue weighted by atomic mass is 127. The third kappa shape index (κ3) is 6.83. The van der Waals surface area contributed by atoms with Crippen molar-refractivity contribution in [1.29, 1.82) is 0 Å². The summed E-state index contributed by atoms with van der Waals surface area (Å²) < 4.78 is 7.77. The Balaban J connectivity index is 0.00000306. The van der Waals surface area contributed by atoms with Crippen molar-refractivity contribution in [3.63, 3.8) is 0 Å². The zero-order valence-corrected chi connectivity index (χ0v) is 21.7. The van der Waals surface area contributed by atoms with Gasteiger partial charge in [0, 0.05) is 50.7 Å². The smallest absolute Gasteiger partial charge is 0.321 e. The van der Waals surface area contributed by atoms with Crippen LogP contribution in [-0.4, -0.2) is 70.9 Å². The number of hydrogen-bond acceptors (Lipinski definition) is 4. The molecule has 1 atom stereocenters. The van der Waals surface area contributed by atoms with E-state index in [1.807, 2.05) is 48.6 Å². The van der Waals surface area contributed by atoms with Crippen LogP contribution in [0.2, 0.25) is 0 Å². The summed E-state index contributed by atoms with van der Waals surface area (Å²) in [7, 11) is 1.91. The Hall–Kier alpha value is -2.34. The summed E-state index contributed by atoms with van der Waals surface area (Å²) in [5.74, 6) is 0.871. The van der Waals surface area contributed by atoms with Gasteiger partial charge in [0.25, 0.3) is 0 Å². The second kappa shape index (κ2) is 12.2. The van der Waals surface area contributed by atoms with E-state index in [0.29, 0.717) is 13.2 Å². The number of aromatic nitrogens is 2. The van der Waals surface area contributed by atoms with Crippen LogP contribution in [-0.2, 0) is 18.3 Å². The van der Waals surface area contributed by atoms with Gasteiger partial charge in [0.15, 0.2) is 5.96 Å². The number of aliphatic imine (C=N–C) groups is 1. The number of nitrogens with zero attached hydrogens (tertiary/aromatic N) is 5. The van der Waals surface area contributed by atoms with Crippen molar-refractivity contribution in [2.24, 2.45) is 12.0 Å². The molecule has 0 aliphatic carbocycles. The molecule has 0 bridgehead atoms. The van der Waals surface area contributed by atoms with Gasteiger partial charge in [-0.1, -0.05) is 12.1 Å². The molecule has 2 amide bonds. The standard InChI is InChI=1S/C23H33N7O2.HI/c1-3-24-22(30-11-12-32-21(17-30)19-15-26-28(2)16-19)25-14-18-7-6-8-20(13-18)27-23(31)29-9-4-5-10-29;/h6-8,13,15-16,21H,3-5,9-12,14,17H2,1-2H3,(H,24,25)(H,27,31);1H. The lowest BCUT2D eigenvalue weighted by atomic mass is 10.1. The van der Waals surface area contributed by atoms with Crippen LogP contribution >= 0.6 is 24.0 Å². The molecule has 2 saturated heterocycles. The molecule has 2 N–H and O–H groups in total. The molecular formula is C23H34IN7O2. The maximum absolute atomic E-state index is 12.4. The molecule has 2 fully saturated rings. The van der Waals surface area contributed by atoms with Gasteiger partial charge in [0.1, 0.15) is 6.10 Å². The summed E-state index contributed by atoms with van der Waals surface area (Å²) >= 11 is 0. The number of benzene rings is 1. The lowest BCUT2D eigenvalue weighted by molar-refractivity contribution is -0.00805. The Morgan fingerprint density at radius 2 is 2.06 bits per heavy atom. The fraction of sp³-hybridized carbons (Fsp3) is 0.522. The Morgan fingerprint density at radius 3 is 2.79 bits per heavy atom.